The van der Waals surface area contributed by atoms with E-state index >= 15 is 0 Å². The topological polar surface area (TPSA) is 113 Å². The maximum Gasteiger partial charge on any atom is 0.246 e. The fourth-order valence-electron chi connectivity index (χ4n) is 1.75. The average molecular weight is 304 g/mol. The number of nitrogen functional groups attached to an aromatic ring is 1. The number of nitrogens with two attached hydrogens (primary N) is 1. The van der Waals surface area contributed by atoms with Crippen molar-refractivity contribution in [3.8, 4) is 5.75 Å². The number of benzene rings is 1. The van der Waals surface area contributed by atoms with Gasteiger partial charge in [0.05, 0.1) is 20.3 Å². The number of methoxy groups -OCH3 is 1. The fraction of sp³-hybridized carbons (Fsp3) is 0.500. The van der Waals surface area contributed by atoms with Gasteiger partial charge < -0.3 is 20.7 Å². The Morgan fingerprint density at radius 1 is 1.25 bits per heavy atom. The van der Waals surface area contributed by atoms with Crippen LogP contribution in [0.25, 0.3) is 0 Å². The molecule has 20 heavy (non-hydrogen) atoms. The van der Waals surface area contributed by atoms with Gasteiger partial charge >= 0.3 is 0 Å². The lowest BCUT2D eigenvalue weighted by Gasteiger charge is -2.22. The highest BCUT2D eigenvalue weighted by Gasteiger charge is 2.27. The van der Waals surface area contributed by atoms with Crippen LogP contribution in [0.2, 0.25) is 0 Å². The van der Waals surface area contributed by atoms with E-state index in [-0.39, 0.29) is 36.9 Å². The Labute approximate surface area is 118 Å². The number of rotatable bonds is 7. The molecule has 0 bridgehead atoms. The first-order valence-electron chi connectivity index (χ1n) is 6.04. The molecular weight excluding hydrogens is 284 g/mol. The van der Waals surface area contributed by atoms with Crippen LogP contribution in [0.1, 0.15) is 5.56 Å². The Morgan fingerprint density at radius 3 is 2.25 bits per heavy atom. The second kappa shape index (κ2) is 6.89. The van der Waals surface area contributed by atoms with Crippen LogP contribution < -0.4 is 10.5 Å². The predicted octanol–water partition coefficient (Wildman–Crippen LogP) is -0.439. The van der Waals surface area contributed by atoms with Crippen LogP contribution in [0.5, 0.6) is 5.75 Å². The van der Waals surface area contributed by atoms with E-state index in [1.54, 1.807) is 6.92 Å². The molecule has 0 heterocycles. The molecular formula is C12H20N2O5S. The number of hydrogen-bond donors (Lipinski definition) is 3. The molecule has 0 aliphatic heterocycles. The van der Waals surface area contributed by atoms with E-state index in [1.807, 2.05) is 0 Å². The normalized spacial score (nSPS) is 11.8. The van der Waals surface area contributed by atoms with Gasteiger partial charge in [-0.05, 0) is 24.6 Å². The van der Waals surface area contributed by atoms with E-state index in [0.29, 0.717) is 11.3 Å². The molecule has 4 N–H and O–H groups in total. The highest BCUT2D eigenvalue weighted by atomic mass is 32.2. The summed E-state index contributed by atoms with van der Waals surface area (Å²) in [5.74, 6) is 0.178. The molecule has 0 saturated heterocycles. The minimum Gasteiger partial charge on any atom is -0.495 e. The van der Waals surface area contributed by atoms with Gasteiger partial charge in [-0.15, -0.1) is 0 Å². The highest BCUT2D eigenvalue weighted by Crippen LogP contribution is 2.30. The second-order valence-electron chi connectivity index (χ2n) is 4.21. The van der Waals surface area contributed by atoms with E-state index in [0.717, 1.165) is 4.31 Å². The Morgan fingerprint density at radius 2 is 1.80 bits per heavy atom. The Kier molecular flexibility index (Phi) is 5.75. The van der Waals surface area contributed by atoms with Gasteiger partial charge in [0.2, 0.25) is 10.0 Å². The quantitative estimate of drug-likeness (QED) is 0.589. The summed E-state index contributed by atoms with van der Waals surface area (Å²) in [6, 6.07) is 2.86. The minimum absolute atomic E-state index is 0.0787. The first-order valence-corrected chi connectivity index (χ1v) is 7.48. The third-order valence-corrected chi connectivity index (χ3v) is 4.79. The van der Waals surface area contributed by atoms with Crippen LogP contribution >= 0.6 is 0 Å². The van der Waals surface area contributed by atoms with E-state index in [1.165, 1.54) is 19.2 Å². The maximum absolute atomic E-state index is 12.5. The lowest BCUT2D eigenvalue weighted by atomic mass is 10.2. The Bertz CT molecular complexity index is 553. The van der Waals surface area contributed by atoms with Gasteiger partial charge in [-0.25, -0.2) is 8.42 Å². The molecule has 8 heteroatoms. The van der Waals surface area contributed by atoms with Gasteiger partial charge in [0, 0.05) is 18.8 Å². The average Bonchev–Trinajstić information content (AvgIpc) is 2.41. The van der Waals surface area contributed by atoms with Crippen molar-refractivity contribution >= 4 is 15.7 Å². The van der Waals surface area contributed by atoms with Gasteiger partial charge in [0.15, 0.2) is 0 Å². The van der Waals surface area contributed by atoms with Crippen LogP contribution in [0.15, 0.2) is 17.0 Å². The monoisotopic (exact) mass is 304 g/mol. The van der Waals surface area contributed by atoms with Crippen LogP contribution in [-0.2, 0) is 10.0 Å². The summed E-state index contributed by atoms with van der Waals surface area (Å²) < 4.78 is 31.1. The lowest BCUT2D eigenvalue weighted by Crippen LogP contribution is -2.36. The third kappa shape index (κ3) is 3.40. The predicted molar refractivity (Wildman–Crippen MR) is 75.1 cm³/mol. The molecule has 0 amide bonds. The summed E-state index contributed by atoms with van der Waals surface area (Å²) in [5.41, 5.74) is 6.79. The molecule has 0 spiro atoms. The molecule has 0 fully saturated rings. The Balaban J connectivity index is 3.36. The molecule has 1 rings (SSSR count). The number of aliphatic hydroxyl groups is 2. The minimum atomic E-state index is -3.90. The smallest absolute Gasteiger partial charge is 0.246 e. The zero-order valence-corrected chi connectivity index (χ0v) is 12.4. The van der Waals surface area contributed by atoms with Crippen molar-refractivity contribution in [1.82, 2.24) is 4.31 Å². The van der Waals surface area contributed by atoms with Crippen LogP contribution in [-0.4, -0.2) is 56.3 Å². The third-order valence-electron chi connectivity index (χ3n) is 2.87. The lowest BCUT2D eigenvalue weighted by molar-refractivity contribution is 0.217. The summed E-state index contributed by atoms with van der Waals surface area (Å²) in [4.78, 5) is -0.0787. The van der Waals surface area contributed by atoms with Crippen molar-refractivity contribution in [2.24, 2.45) is 0 Å². The van der Waals surface area contributed by atoms with Crippen molar-refractivity contribution in [3.63, 3.8) is 0 Å². The molecule has 0 aliphatic rings. The van der Waals surface area contributed by atoms with E-state index in [2.05, 4.69) is 0 Å². The first kappa shape index (κ1) is 16.7. The fourth-order valence-corrected chi connectivity index (χ4v) is 3.35. The molecule has 1 aromatic carbocycles. The molecule has 0 saturated carbocycles. The molecule has 0 aliphatic carbocycles. The van der Waals surface area contributed by atoms with Crippen molar-refractivity contribution < 1.29 is 23.4 Å². The first-order chi connectivity index (χ1) is 9.38. The molecule has 7 nitrogen and oxygen atoms in total. The van der Waals surface area contributed by atoms with Crippen LogP contribution in [0.3, 0.4) is 0 Å². The van der Waals surface area contributed by atoms with Crippen LogP contribution in [0.4, 0.5) is 5.69 Å². The number of hydrogen-bond acceptors (Lipinski definition) is 6. The second-order valence-corrected chi connectivity index (χ2v) is 6.12. The number of sulfonamides is 1. The number of ether oxygens (including phenoxy) is 1. The van der Waals surface area contributed by atoms with Crippen molar-refractivity contribution in [2.75, 3.05) is 39.1 Å². The number of nitrogens with zero attached hydrogens (tertiary/aromatic N) is 1. The molecule has 0 atom stereocenters. The zero-order chi connectivity index (χ0) is 15.3. The highest BCUT2D eigenvalue weighted by molar-refractivity contribution is 7.89. The summed E-state index contributed by atoms with van der Waals surface area (Å²) >= 11 is 0. The maximum atomic E-state index is 12.5. The molecule has 0 unspecified atom stereocenters. The zero-order valence-electron chi connectivity index (χ0n) is 11.5. The summed E-state index contributed by atoms with van der Waals surface area (Å²) in [7, 11) is -2.53. The number of anilines is 1. The van der Waals surface area contributed by atoms with Crippen molar-refractivity contribution in [3.05, 3.63) is 17.7 Å². The van der Waals surface area contributed by atoms with E-state index < -0.39 is 10.0 Å². The number of aryl methyl sites for hydroxylation is 1. The van der Waals surface area contributed by atoms with E-state index in [9.17, 15) is 8.42 Å². The van der Waals surface area contributed by atoms with Gasteiger partial charge in [-0.1, -0.05) is 0 Å². The SMILES string of the molecule is COc1cc(C)c(N)cc1S(=O)(=O)N(CCO)CCO. The van der Waals surface area contributed by atoms with Gasteiger partial charge in [-0.2, -0.15) is 4.31 Å². The molecule has 1 aromatic rings. The summed E-state index contributed by atoms with van der Waals surface area (Å²) in [5, 5.41) is 17.9. The molecule has 0 radical (unpaired) electrons. The Hall–Kier alpha value is -1.35. The van der Waals surface area contributed by atoms with E-state index in [4.69, 9.17) is 20.7 Å². The standard InChI is InChI=1S/C12H20N2O5S/c1-9-7-11(19-2)12(8-10(9)13)20(17,18)14(3-5-15)4-6-16/h7-8,15-16H,3-6,13H2,1-2H3. The molecule has 114 valence electrons. The summed E-state index contributed by atoms with van der Waals surface area (Å²) in [6.45, 7) is 0.832. The summed E-state index contributed by atoms with van der Waals surface area (Å²) in [6.07, 6.45) is 0. The van der Waals surface area contributed by atoms with Gasteiger partial charge in [-0.3, -0.25) is 0 Å². The largest absolute Gasteiger partial charge is 0.495 e. The number of aliphatic hydroxyl groups excluding tert-OH is 2. The van der Waals surface area contributed by atoms with Crippen molar-refractivity contribution in [2.45, 2.75) is 11.8 Å². The van der Waals surface area contributed by atoms with Gasteiger partial charge in [0.1, 0.15) is 10.6 Å². The molecule has 0 aromatic heterocycles. The van der Waals surface area contributed by atoms with Crippen LogP contribution in [0, 0.1) is 6.92 Å². The van der Waals surface area contributed by atoms with Gasteiger partial charge in [0.25, 0.3) is 0 Å². The van der Waals surface area contributed by atoms with Crippen molar-refractivity contribution in [1.29, 1.82) is 0 Å².